The smallest absolute Gasteiger partial charge is 0.170 e. The molecular formula is C34H34O8. The van der Waals surface area contributed by atoms with Crippen LogP contribution in [0.4, 0.5) is 0 Å². The molecule has 4 aromatic rings. The monoisotopic (exact) mass is 570 g/mol. The van der Waals surface area contributed by atoms with Gasteiger partial charge in [0.05, 0.1) is 39.6 Å². The molecule has 0 aliphatic carbocycles. The molecule has 0 saturated heterocycles. The summed E-state index contributed by atoms with van der Waals surface area (Å²) in [6, 6.07) is 23.4. The fourth-order valence-corrected chi connectivity index (χ4v) is 4.96. The van der Waals surface area contributed by atoms with Crippen LogP contribution < -0.4 is 18.9 Å². The maximum atomic E-state index is 14.3. The summed E-state index contributed by atoms with van der Waals surface area (Å²) in [6.45, 7) is 0. The van der Waals surface area contributed by atoms with Crippen molar-refractivity contribution in [1.82, 2.24) is 0 Å². The van der Waals surface area contributed by atoms with Crippen LogP contribution in [-0.4, -0.2) is 50.2 Å². The number of hydrogen-bond acceptors (Lipinski definition) is 8. The number of benzene rings is 4. The molecule has 218 valence electrons. The standard InChI is InChI=1S/C34H34O8/c1-39-23-9-5-21(6-10-23)17-29(33(37)27-15-13-25(41-3)19-31(27)35)30(18-22-7-11-24(40-2)12-8-22)34(38)28-16-14-26(42-4)20-32(28)36/h5-16,19-20,29-30,35-36H,17-18H2,1-4H3. The molecule has 0 fully saturated rings. The van der Waals surface area contributed by atoms with Gasteiger partial charge in [-0.3, -0.25) is 9.59 Å². The summed E-state index contributed by atoms with van der Waals surface area (Å²) in [5, 5.41) is 21.6. The third-order valence-corrected chi connectivity index (χ3v) is 7.33. The van der Waals surface area contributed by atoms with E-state index < -0.39 is 23.4 Å². The van der Waals surface area contributed by atoms with E-state index in [1.165, 1.54) is 38.5 Å². The lowest BCUT2D eigenvalue weighted by molar-refractivity contribution is 0.0759. The van der Waals surface area contributed by atoms with Gasteiger partial charge in [0.1, 0.15) is 34.5 Å². The summed E-state index contributed by atoms with van der Waals surface area (Å²) in [5.74, 6) is -1.04. The van der Waals surface area contributed by atoms with Crippen LogP contribution in [0.25, 0.3) is 0 Å². The van der Waals surface area contributed by atoms with Gasteiger partial charge in [-0.25, -0.2) is 0 Å². The van der Waals surface area contributed by atoms with E-state index in [0.717, 1.165) is 11.1 Å². The van der Waals surface area contributed by atoms with E-state index in [1.807, 2.05) is 24.3 Å². The van der Waals surface area contributed by atoms with Crippen LogP contribution in [0.2, 0.25) is 0 Å². The lowest BCUT2D eigenvalue weighted by atomic mass is 9.74. The number of phenols is 2. The molecule has 4 aromatic carbocycles. The molecule has 0 aromatic heterocycles. The van der Waals surface area contributed by atoms with E-state index in [9.17, 15) is 19.8 Å². The third kappa shape index (κ3) is 6.83. The SMILES string of the molecule is COc1ccc(CC(C(=O)c2ccc(OC)cc2O)C(Cc2ccc(OC)cc2)C(=O)c2ccc(OC)cc2O)cc1. The van der Waals surface area contributed by atoms with Crippen molar-refractivity contribution in [2.24, 2.45) is 11.8 Å². The first-order valence-corrected chi connectivity index (χ1v) is 13.4. The Labute approximate surface area is 245 Å². The average molecular weight is 571 g/mol. The van der Waals surface area contributed by atoms with Crippen molar-refractivity contribution in [3.8, 4) is 34.5 Å². The van der Waals surface area contributed by atoms with Gasteiger partial charge in [0, 0.05) is 24.0 Å². The quantitative estimate of drug-likeness (QED) is 0.191. The molecule has 0 amide bonds. The predicted molar refractivity (Wildman–Crippen MR) is 158 cm³/mol. The molecule has 4 rings (SSSR count). The van der Waals surface area contributed by atoms with Gasteiger partial charge in [0.15, 0.2) is 11.6 Å². The van der Waals surface area contributed by atoms with E-state index >= 15 is 0 Å². The van der Waals surface area contributed by atoms with Crippen LogP contribution in [0.1, 0.15) is 31.8 Å². The van der Waals surface area contributed by atoms with Crippen LogP contribution in [0, 0.1) is 11.8 Å². The highest BCUT2D eigenvalue weighted by Crippen LogP contribution is 2.35. The second kappa shape index (κ2) is 13.6. The summed E-state index contributed by atoms with van der Waals surface area (Å²) in [4.78, 5) is 28.5. The Bertz CT molecular complexity index is 1410. The zero-order valence-electron chi connectivity index (χ0n) is 24.0. The first-order valence-electron chi connectivity index (χ1n) is 13.4. The summed E-state index contributed by atoms with van der Waals surface area (Å²) in [6.07, 6.45) is 0.384. The molecule has 0 bridgehead atoms. The number of carbonyl (C=O) groups excluding carboxylic acids is 2. The Morgan fingerprint density at radius 2 is 0.833 bits per heavy atom. The van der Waals surface area contributed by atoms with Crippen molar-refractivity contribution in [2.45, 2.75) is 12.8 Å². The minimum atomic E-state index is -0.909. The van der Waals surface area contributed by atoms with Gasteiger partial charge in [-0.05, 0) is 72.5 Å². The normalized spacial score (nSPS) is 12.2. The first-order chi connectivity index (χ1) is 20.3. The Morgan fingerprint density at radius 3 is 1.12 bits per heavy atom. The van der Waals surface area contributed by atoms with Crippen molar-refractivity contribution in [2.75, 3.05) is 28.4 Å². The number of phenolic OH excluding ortho intramolecular Hbond substituents is 2. The fourth-order valence-electron chi connectivity index (χ4n) is 4.96. The second-order valence-electron chi connectivity index (χ2n) is 9.81. The van der Waals surface area contributed by atoms with Gasteiger partial charge in [-0.1, -0.05) is 24.3 Å². The molecule has 0 aliphatic heterocycles. The number of ether oxygens (including phenoxy) is 4. The molecule has 2 N–H and O–H groups in total. The van der Waals surface area contributed by atoms with E-state index in [2.05, 4.69) is 0 Å². The number of Topliss-reactive ketones (excluding diaryl/α,β-unsaturated/α-hetero) is 2. The topological polar surface area (TPSA) is 112 Å². The van der Waals surface area contributed by atoms with Crippen molar-refractivity contribution in [3.63, 3.8) is 0 Å². The van der Waals surface area contributed by atoms with Crippen LogP contribution in [0.5, 0.6) is 34.5 Å². The Morgan fingerprint density at radius 1 is 0.524 bits per heavy atom. The van der Waals surface area contributed by atoms with E-state index in [-0.39, 0.29) is 35.5 Å². The largest absolute Gasteiger partial charge is 0.507 e. The highest BCUT2D eigenvalue weighted by atomic mass is 16.5. The molecule has 0 aliphatic rings. The number of methoxy groups -OCH3 is 4. The van der Waals surface area contributed by atoms with E-state index in [1.54, 1.807) is 50.6 Å². The minimum absolute atomic E-state index is 0.0702. The van der Waals surface area contributed by atoms with Gasteiger partial charge >= 0.3 is 0 Å². The highest BCUT2D eigenvalue weighted by Gasteiger charge is 2.37. The van der Waals surface area contributed by atoms with Crippen molar-refractivity contribution < 1.29 is 38.7 Å². The Hall–Kier alpha value is -4.98. The molecular weight excluding hydrogens is 536 g/mol. The van der Waals surface area contributed by atoms with Crippen molar-refractivity contribution in [1.29, 1.82) is 0 Å². The summed E-state index contributed by atoms with van der Waals surface area (Å²) in [5.41, 5.74) is 1.74. The zero-order valence-corrected chi connectivity index (χ0v) is 24.0. The van der Waals surface area contributed by atoms with Gasteiger partial charge in [0.2, 0.25) is 0 Å². The summed E-state index contributed by atoms with van der Waals surface area (Å²) in [7, 11) is 6.07. The molecule has 8 nitrogen and oxygen atoms in total. The lowest BCUT2D eigenvalue weighted by Gasteiger charge is -2.27. The lowest BCUT2D eigenvalue weighted by Crippen LogP contribution is -2.34. The van der Waals surface area contributed by atoms with Gasteiger partial charge in [-0.2, -0.15) is 0 Å². The molecule has 2 unspecified atom stereocenters. The number of rotatable bonds is 13. The molecule has 42 heavy (non-hydrogen) atoms. The number of aromatic hydroxyl groups is 2. The Balaban J connectivity index is 1.84. The number of ketones is 2. The Kier molecular flexibility index (Phi) is 9.70. The summed E-state index contributed by atoms with van der Waals surface area (Å²) >= 11 is 0. The molecule has 0 heterocycles. The molecule has 0 radical (unpaired) electrons. The average Bonchev–Trinajstić information content (AvgIpc) is 3.02. The third-order valence-electron chi connectivity index (χ3n) is 7.33. The first kappa shape index (κ1) is 30.0. The van der Waals surface area contributed by atoms with Crippen LogP contribution >= 0.6 is 0 Å². The highest BCUT2D eigenvalue weighted by molar-refractivity contribution is 6.07. The van der Waals surface area contributed by atoms with E-state index in [4.69, 9.17) is 18.9 Å². The molecule has 2 atom stereocenters. The minimum Gasteiger partial charge on any atom is -0.507 e. The predicted octanol–water partition coefficient (Wildman–Crippen LogP) is 5.92. The van der Waals surface area contributed by atoms with Crippen LogP contribution in [0.15, 0.2) is 84.9 Å². The zero-order chi connectivity index (χ0) is 30.2. The molecule has 8 heteroatoms. The molecule has 0 spiro atoms. The van der Waals surface area contributed by atoms with Gasteiger partial charge in [0.25, 0.3) is 0 Å². The maximum absolute atomic E-state index is 14.3. The van der Waals surface area contributed by atoms with Gasteiger partial charge in [-0.15, -0.1) is 0 Å². The van der Waals surface area contributed by atoms with Crippen molar-refractivity contribution >= 4 is 11.6 Å². The van der Waals surface area contributed by atoms with Crippen molar-refractivity contribution in [3.05, 3.63) is 107 Å². The number of hydrogen-bond donors (Lipinski definition) is 2. The van der Waals surface area contributed by atoms with E-state index in [0.29, 0.717) is 23.0 Å². The van der Waals surface area contributed by atoms with Crippen LogP contribution in [-0.2, 0) is 12.8 Å². The molecule has 0 saturated carbocycles. The fraction of sp³-hybridized carbons (Fsp3) is 0.235. The number of carbonyl (C=O) groups is 2. The summed E-state index contributed by atoms with van der Waals surface area (Å²) < 4.78 is 21.0. The maximum Gasteiger partial charge on any atom is 0.170 e. The second-order valence-corrected chi connectivity index (χ2v) is 9.81. The van der Waals surface area contributed by atoms with Gasteiger partial charge < -0.3 is 29.2 Å². The van der Waals surface area contributed by atoms with Crippen LogP contribution in [0.3, 0.4) is 0 Å².